The number of ketones is 1. The highest BCUT2D eigenvalue weighted by atomic mass is 35.5. The number of halogens is 2. The minimum absolute atomic E-state index is 0.350. The first-order valence-corrected chi connectivity index (χ1v) is 11.3. The maximum Gasteiger partial charge on any atom is 0.264 e. The van der Waals surface area contributed by atoms with Crippen molar-refractivity contribution in [2.24, 2.45) is 0 Å². The van der Waals surface area contributed by atoms with Crippen molar-refractivity contribution in [2.45, 2.75) is 18.4 Å². The number of Topliss-reactive ketones (excluding diaryl/α,β-unsaturated/α-hetero) is 1. The van der Waals surface area contributed by atoms with Crippen molar-refractivity contribution in [3.63, 3.8) is 0 Å². The summed E-state index contributed by atoms with van der Waals surface area (Å²) in [5.41, 5.74) is 1.46. The van der Waals surface area contributed by atoms with Gasteiger partial charge < -0.3 is 15.0 Å². The molecule has 1 aliphatic heterocycles. The lowest BCUT2D eigenvalue weighted by molar-refractivity contribution is -0.135. The monoisotopic (exact) mass is 478 g/mol. The minimum atomic E-state index is -1.93. The molecule has 2 N–H and O–H groups in total. The van der Waals surface area contributed by atoms with Crippen LogP contribution in [0.15, 0.2) is 72.9 Å². The molecular weight excluding hydrogens is 459 g/mol. The number of H-pyrrole nitrogens is 1. The molecule has 0 bridgehead atoms. The Morgan fingerprint density at radius 3 is 2.61 bits per heavy atom. The number of nitrogens with one attached hydrogen (secondary N) is 1. The number of benzene rings is 3. The Hall–Kier alpha value is -3.12. The number of hydrogen-bond donors (Lipinski definition) is 2. The van der Waals surface area contributed by atoms with Crippen molar-refractivity contribution >= 4 is 51.5 Å². The van der Waals surface area contributed by atoms with Gasteiger partial charge in [0, 0.05) is 44.8 Å². The fourth-order valence-corrected chi connectivity index (χ4v) is 4.85. The van der Waals surface area contributed by atoms with Crippen LogP contribution in [0.1, 0.15) is 27.9 Å². The van der Waals surface area contributed by atoms with E-state index in [0.29, 0.717) is 39.8 Å². The number of aromatic nitrogens is 1. The van der Waals surface area contributed by atoms with Gasteiger partial charge >= 0.3 is 0 Å². The first-order valence-electron chi connectivity index (χ1n) is 10.5. The number of fused-ring (bicyclic) bond motifs is 2. The van der Waals surface area contributed by atoms with Gasteiger partial charge in [0.05, 0.1) is 12.1 Å². The number of nitrogens with zero attached hydrogens (tertiary/aromatic N) is 1. The molecule has 166 valence electrons. The smallest absolute Gasteiger partial charge is 0.264 e. The van der Waals surface area contributed by atoms with Crippen LogP contribution < -0.4 is 4.90 Å². The van der Waals surface area contributed by atoms with Crippen molar-refractivity contribution < 1.29 is 14.7 Å². The van der Waals surface area contributed by atoms with Crippen LogP contribution in [-0.4, -0.2) is 28.3 Å². The van der Waals surface area contributed by atoms with Crippen molar-refractivity contribution in [1.29, 1.82) is 0 Å². The SMILES string of the molecule is O=C(CC1(O)C(=O)N(CCc2c[nH]c3ccc(Cl)cc23)c2ccccc21)c1cccc(Cl)c1. The number of aliphatic hydroxyl groups is 1. The van der Waals surface area contributed by atoms with Crippen LogP contribution >= 0.6 is 23.2 Å². The van der Waals surface area contributed by atoms with E-state index in [-0.39, 0.29) is 12.2 Å². The molecule has 0 saturated heterocycles. The van der Waals surface area contributed by atoms with Crippen molar-refractivity contribution in [1.82, 2.24) is 4.98 Å². The van der Waals surface area contributed by atoms with E-state index in [1.165, 1.54) is 0 Å². The molecule has 1 unspecified atom stereocenters. The first kappa shape index (κ1) is 21.7. The molecule has 0 spiro atoms. The lowest BCUT2D eigenvalue weighted by atomic mass is 9.88. The summed E-state index contributed by atoms with van der Waals surface area (Å²) in [4.78, 5) is 31.2. The van der Waals surface area contributed by atoms with Crippen molar-refractivity contribution in [3.05, 3.63) is 99.7 Å². The van der Waals surface area contributed by atoms with E-state index in [1.54, 1.807) is 47.4 Å². The topological polar surface area (TPSA) is 73.4 Å². The largest absolute Gasteiger partial charge is 0.375 e. The van der Waals surface area contributed by atoms with E-state index in [9.17, 15) is 14.7 Å². The van der Waals surface area contributed by atoms with Crippen LogP contribution in [0, 0.1) is 0 Å². The highest BCUT2D eigenvalue weighted by molar-refractivity contribution is 6.31. The highest BCUT2D eigenvalue weighted by Crippen LogP contribution is 2.43. The average molecular weight is 479 g/mol. The zero-order valence-electron chi connectivity index (χ0n) is 17.5. The average Bonchev–Trinajstić information content (AvgIpc) is 3.29. The first-order chi connectivity index (χ1) is 15.9. The van der Waals surface area contributed by atoms with E-state index < -0.39 is 11.5 Å². The van der Waals surface area contributed by atoms with Gasteiger partial charge in [-0.3, -0.25) is 9.59 Å². The second-order valence-corrected chi connectivity index (χ2v) is 9.07. The Kier molecular flexibility index (Phi) is 5.49. The van der Waals surface area contributed by atoms with E-state index in [4.69, 9.17) is 23.2 Å². The molecule has 2 heterocycles. The van der Waals surface area contributed by atoms with Gasteiger partial charge in [0.15, 0.2) is 11.4 Å². The summed E-state index contributed by atoms with van der Waals surface area (Å²) in [5, 5.41) is 13.5. The van der Waals surface area contributed by atoms with Gasteiger partial charge in [-0.15, -0.1) is 0 Å². The van der Waals surface area contributed by atoms with Crippen LogP contribution in [0.4, 0.5) is 5.69 Å². The van der Waals surface area contributed by atoms with Crippen molar-refractivity contribution in [2.75, 3.05) is 11.4 Å². The van der Waals surface area contributed by atoms with Crippen LogP contribution in [-0.2, 0) is 16.8 Å². The number of hydrogen-bond acceptors (Lipinski definition) is 3. The molecule has 1 aliphatic rings. The molecule has 0 saturated carbocycles. The summed E-state index contributed by atoms with van der Waals surface area (Å²) in [6, 6.07) is 19.2. The third kappa shape index (κ3) is 3.82. The predicted octanol–water partition coefficient (Wildman–Crippen LogP) is 5.52. The summed E-state index contributed by atoms with van der Waals surface area (Å²) in [5.74, 6) is -0.853. The number of carbonyl (C=O) groups is 2. The van der Waals surface area contributed by atoms with Crippen LogP contribution in [0.25, 0.3) is 10.9 Å². The van der Waals surface area contributed by atoms with Gasteiger partial charge in [0.1, 0.15) is 0 Å². The lowest BCUT2D eigenvalue weighted by Gasteiger charge is -2.23. The van der Waals surface area contributed by atoms with E-state index >= 15 is 0 Å². The molecule has 1 aromatic heterocycles. The molecule has 0 fully saturated rings. The number of carbonyl (C=O) groups excluding carboxylic acids is 2. The zero-order chi connectivity index (χ0) is 23.2. The maximum absolute atomic E-state index is 13.5. The second kappa shape index (κ2) is 8.34. The normalized spacial score (nSPS) is 17.5. The molecule has 5 rings (SSSR count). The number of rotatable bonds is 6. The lowest BCUT2D eigenvalue weighted by Crippen LogP contribution is -2.42. The summed E-state index contributed by atoms with van der Waals surface area (Å²) < 4.78 is 0. The molecule has 0 radical (unpaired) electrons. The summed E-state index contributed by atoms with van der Waals surface area (Å²) in [6.07, 6.45) is 2.10. The number of anilines is 1. The summed E-state index contributed by atoms with van der Waals surface area (Å²) in [6.45, 7) is 0.350. The third-order valence-electron chi connectivity index (χ3n) is 6.14. The molecule has 3 aromatic carbocycles. The summed E-state index contributed by atoms with van der Waals surface area (Å²) >= 11 is 12.2. The standard InChI is InChI=1S/C26H20Cl2N2O3/c27-18-5-3-4-16(12-18)24(31)14-26(33)21-6-1-2-7-23(21)30(25(26)32)11-10-17-15-29-22-9-8-19(28)13-20(17)22/h1-9,12-13,15,29,33H,10-11,14H2. The Bertz CT molecular complexity index is 1400. The van der Waals surface area contributed by atoms with E-state index in [1.807, 2.05) is 30.5 Å². The van der Waals surface area contributed by atoms with Crippen molar-refractivity contribution in [3.8, 4) is 0 Å². The molecule has 33 heavy (non-hydrogen) atoms. The molecule has 4 aromatic rings. The van der Waals surface area contributed by atoms with Crippen LogP contribution in [0.2, 0.25) is 10.0 Å². The van der Waals surface area contributed by atoms with Gasteiger partial charge in [-0.25, -0.2) is 0 Å². The van der Waals surface area contributed by atoms with Gasteiger partial charge in [-0.1, -0.05) is 53.5 Å². The Labute approximate surface area is 200 Å². The number of para-hydroxylation sites is 1. The second-order valence-electron chi connectivity index (χ2n) is 8.20. The van der Waals surface area contributed by atoms with Gasteiger partial charge in [0.2, 0.25) is 0 Å². The fraction of sp³-hybridized carbons (Fsp3) is 0.154. The van der Waals surface area contributed by atoms with E-state index in [0.717, 1.165) is 16.5 Å². The molecular formula is C26H20Cl2N2O3. The molecule has 7 heteroatoms. The van der Waals surface area contributed by atoms with Crippen LogP contribution in [0.5, 0.6) is 0 Å². The predicted molar refractivity (Wildman–Crippen MR) is 130 cm³/mol. The van der Waals surface area contributed by atoms with E-state index in [2.05, 4.69) is 4.98 Å². The fourth-order valence-electron chi connectivity index (χ4n) is 4.49. The summed E-state index contributed by atoms with van der Waals surface area (Å²) in [7, 11) is 0. The maximum atomic E-state index is 13.5. The Morgan fingerprint density at radius 1 is 1.00 bits per heavy atom. The third-order valence-corrected chi connectivity index (χ3v) is 6.61. The molecule has 1 amide bonds. The Balaban J connectivity index is 1.43. The number of amides is 1. The minimum Gasteiger partial charge on any atom is -0.375 e. The number of aromatic amines is 1. The molecule has 5 nitrogen and oxygen atoms in total. The van der Waals surface area contributed by atoms with Gasteiger partial charge in [0.25, 0.3) is 5.91 Å². The van der Waals surface area contributed by atoms with Gasteiger partial charge in [-0.2, -0.15) is 0 Å². The highest BCUT2D eigenvalue weighted by Gasteiger charge is 2.50. The molecule has 1 atom stereocenters. The zero-order valence-corrected chi connectivity index (χ0v) is 19.0. The molecule has 0 aliphatic carbocycles. The quantitative estimate of drug-likeness (QED) is 0.358. The van der Waals surface area contributed by atoms with Crippen LogP contribution in [0.3, 0.4) is 0 Å². The Morgan fingerprint density at radius 2 is 1.79 bits per heavy atom. The van der Waals surface area contributed by atoms with Gasteiger partial charge in [-0.05, 0) is 48.4 Å².